The summed E-state index contributed by atoms with van der Waals surface area (Å²) in [6, 6.07) is 8.21. The summed E-state index contributed by atoms with van der Waals surface area (Å²) in [5.74, 6) is 0.297. The summed E-state index contributed by atoms with van der Waals surface area (Å²) in [4.78, 5) is 29.2. The molecule has 0 atom stereocenters. The van der Waals surface area contributed by atoms with Crippen molar-refractivity contribution in [3.8, 4) is 11.5 Å². The van der Waals surface area contributed by atoms with Crippen LogP contribution in [0.4, 0.5) is 4.39 Å². The Hall–Kier alpha value is -3.16. The number of amides is 2. The summed E-state index contributed by atoms with van der Waals surface area (Å²) in [6.45, 7) is 9.42. The molecule has 0 unspecified atom stereocenters. The molecule has 7 nitrogen and oxygen atoms in total. The lowest BCUT2D eigenvalue weighted by atomic mass is 9.62. The molecule has 34 heavy (non-hydrogen) atoms. The fourth-order valence-electron chi connectivity index (χ4n) is 4.44. The van der Waals surface area contributed by atoms with Gasteiger partial charge in [-0.2, -0.15) is 0 Å². The van der Waals surface area contributed by atoms with E-state index in [9.17, 15) is 14.0 Å². The fraction of sp³-hybridized carbons (Fsp3) is 0.500. The Labute approximate surface area is 200 Å². The van der Waals surface area contributed by atoms with E-state index in [-0.39, 0.29) is 30.8 Å². The molecule has 184 valence electrons. The number of halogens is 1. The number of nitrogens with one attached hydrogen (secondary N) is 2. The van der Waals surface area contributed by atoms with Crippen molar-refractivity contribution < 1.29 is 23.5 Å². The van der Waals surface area contributed by atoms with Crippen LogP contribution in [0.3, 0.4) is 0 Å². The van der Waals surface area contributed by atoms with Crippen molar-refractivity contribution in [1.29, 1.82) is 0 Å². The molecular weight excluding hydrogens is 437 g/mol. The van der Waals surface area contributed by atoms with Gasteiger partial charge in [0.15, 0.2) is 13.2 Å². The van der Waals surface area contributed by atoms with Gasteiger partial charge < -0.3 is 20.1 Å². The number of carbonyl (C=O) groups is 2. The van der Waals surface area contributed by atoms with Gasteiger partial charge in [0.1, 0.15) is 17.3 Å². The highest BCUT2D eigenvalue weighted by molar-refractivity contribution is 5.80. The number of benzene rings is 1. The minimum Gasteiger partial charge on any atom is -0.484 e. The standard InChI is InChI=1S/C26H34FN3O4/c1-6-26(30-24(32)14-34-20-9-10-22(17(2)3)28-12-20)15-25(5,16-26)29-23(31)13-33-19-8-7-18(4)21(27)11-19/h7-12,17H,6,13-16H2,1-5H3,(H,29,31)(H,30,32). The van der Waals surface area contributed by atoms with Gasteiger partial charge in [-0.05, 0) is 62.8 Å². The number of pyridine rings is 1. The molecule has 1 aliphatic carbocycles. The molecular formula is C26H34FN3O4. The summed E-state index contributed by atoms with van der Waals surface area (Å²) in [5.41, 5.74) is 0.625. The molecule has 1 heterocycles. The number of ether oxygens (including phenoxy) is 2. The molecule has 3 rings (SSSR count). The first-order valence-electron chi connectivity index (χ1n) is 11.6. The van der Waals surface area contributed by atoms with Gasteiger partial charge in [-0.15, -0.1) is 0 Å². The second kappa shape index (κ2) is 10.4. The second-order valence-electron chi connectivity index (χ2n) is 9.71. The van der Waals surface area contributed by atoms with Crippen LogP contribution in [0.1, 0.15) is 64.1 Å². The number of hydrogen-bond acceptors (Lipinski definition) is 5. The smallest absolute Gasteiger partial charge is 0.258 e. The molecule has 8 heteroatoms. The van der Waals surface area contributed by atoms with Crippen LogP contribution >= 0.6 is 0 Å². The van der Waals surface area contributed by atoms with Gasteiger partial charge in [-0.1, -0.05) is 26.8 Å². The van der Waals surface area contributed by atoms with Gasteiger partial charge in [0.25, 0.3) is 11.8 Å². The Kier molecular flexibility index (Phi) is 7.79. The Morgan fingerprint density at radius 2 is 1.68 bits per heavy atom. The molecule has 1 saturated carbocycles. The molecule has 2 N–H and O–H groups in total. The molecule has 0 saturated heterocycles. The molecule has 1 fully saturated rings. The lowest BCUT2D eigenvalue weighted by Gasteiger charge is -2.55. The first kappa shape index (κ1) is 25.5. The number of aryl methyl sites for hydroxylation is 1. The van der Waals surface area contributed by atoms with Crippen molar-refractivity contribution >= 4 is 11.8 Å². The van der Waals surface area contributed by atoms with Crippen molar-refractivity contribution in [2.45, 2.75) is 70.9 Å². The molecule has 2 aromatic rings. The first-order valence-corrected chi connectivity index (χ1v) is 11.6. The average molecular weight is 472 g/mol. The average Bonchev–Trinajstić information content (AvgIpc) is 2.77. The van der Waals surface area contributed by atoms with Crippen LogP contribution in [-0.2, 0) is 9.59 Å². The van der Waals surface area contributed by atoms with Gasteiger partial charge in [0.05, 0.1) is 6.20 Å². The maximum absolute atomic E-state index is 13.6. The zero-order valence-electron chi connectivity index (χ0n) is 20.5. The van der Waals surface area contributed by atoms with E-state index in [0.717, 1.165) is 12.1 Å². The minimum atomic E-state index is -0.459. The summed E-state index contributed by atoms with van der Waals surface area (Å²) in [6.07, 6.45) is 3.55. The number of carbonyl (C=O) groups excluding carboxylic acids is 2. The van der Waals surface area contributed by atoms with E-state index < -0.39 is 11.1 Å². The highest BCUT2D eigenvalue weighted by Gasteiger charge is 2.52. The molecule has 0 aliphatic heterocycles. The van der Waals surface area contributed by atoms with Crippen LogP contribution < -0.4 is 20.1 Å². The molecule has 1 aromatic carbocycles. The van der Waals surface area contributed by atoms with E-state index in [1.165, 1.54) is 6.07 Å². The zero-order valence-corrected chi connectivity index (χ0v) is 20.5. The maximum Gasteiger partial charge on any atom is 0.258 e. The molecule has 0 radical (unpaired) electrons. The topological polar surface area (TPSA) is 89.5 Å². The predicted molar refractivity (Wildman–Crippen MR) is 127 cm³/mol. The quantitative estimate of drug-likeness (QED) is 0.546. The third-order valence-electron chi connectivity index (χ3n) is 6.21. The van der Waals surface area contributed by atoms with Crippen LogP contribution in [0.15, 0.2) is 36.5 Å². The van der Waals surface area contributed by atoms with Crippen LogP contribution in [0, 0.1) is 12.7 Å². The predicted octanol–water partition coefficient (Wildman–Crippen LogP) is 4.04. The third-order valence-corrected chi connectivity index (χ3v) is 6.21. The Morgan fingerprint density at radius 1 is 1.06 bits per heavy atom. The molecule has 0 spiro atoms. The SMILES string of the molecule is CCC1(NC(=O)COc2ccc(C(C)C)nc2)CC(C)(NC(=O)COc2ccc(C)c(F)c2)C1. The fourth-order valence-corrected chi connectivity index (χ4v) is 4.44. The Balaban J connectivity index is 1.44. The van der Waals surface area contributed by atoms with Gasteiger partial charge in [-0.3, -0.25) is 14.6 Å². The van der Waals surface area contributed by atoms with Gasteiger partial charge in [-0.25, -0.2) is 4.39 Å². The van der Waals surface area contributed by atoms with Gasteiger partial charge in [0.2, 0.25) is 0 Å². The Bertz CT molecular complexity index is 1020. The van der Waals surface area contributed by atoms with Crippen LogP contribution in [0.5, 0.6) is 11.5 Å². The monoisotopic (exact) mass is 471 g/mol. The van der Waals surface area contributed by atoms with Crippen LogP contribution in [0.2, 0.25) is 0 Å². The zero-order chi connectivity index (χ0) is 24.9. The van der Waals surface area contributed by atoms with Crippen molar-refractivity contribution in [2.75, 3.05) is 13.2 Å². The number of rotatable bonds is 10. The third kappa shape index (κ3) is 6.46. The molecule has 1 aliphatic rings. The maximum atomic E-state index is 13.6. The van der Waals surface area contributed by atoms with E-state index in [4.69, 9.17) is 9.47 Å². The van der Waals surface area contributed by atoms with E-state index in [1.54, 1.807) is 25.3 Å². The van der Waals surface area contributed by atoms with Gasteiger partial charge >= 0.3 is 0 Å². The van der Waals surface area contributed by atoms with E-state index in [0.29, 0.717) is 35.8 Å². The largest absolute Gasteiger partial charge is 0.484 e. The lowest BCUT2D eigenvalue weighted by Crippen LogP contribution is -2.70. The Morgan fingerprint density at radius 3 is 2.24 bits per heavy atom. The highest BCUT2D eigenvalue weighted by atomic mass is 19.1. The normalized spacial score (nSPS) is 21.5. The van der Waals surface area contributed by atoms with E-state index in [1.807, 2.05) is 26.0 Å². The van der Waals surface area contributed by atoms with Crippen LogP contribution in [0.25, 0.3) is 0 Å². The molecule has 1 aromatic heterocycles. The molecule has 2 amide bonds. The van der Waals surface area contributed by atoms with Gasteiger partial charge in [0, 0.05) is 22.8 Å². The minimum absolute atomic E-state index is 0.103. The summed E-state index contributed by atoms with van der Waals surface area (Å²) in [5, 5.41) is 6.04. The lowest BCUT2D eigenvalue weighted by molar-refractivity contribution is -0.130. The van der Waals surface area contributed by atoms with Crippen LogP contribution in [-0.4, -0.2) is 41.1 Å². The van der Waals surface area contributed by atoms with E-state index >= 15 is 0 Å². The van der Waals surface area contributed by atoms with Crippen molar-refractivity contribution in [3.63, 3.8) is 0 Å². The summed E-state index contributed by atoms with van der Waals surface area (Å²) in [7, 11) is 0. The summed E-state index contributed by atoms with van der Waals surface area (Å²) < 4.78 is 24.6. The number of hydrogen-bond donors (Lipinski definition) is 2. The molecule has 0 bridgehead atoms. The first-order chi connectivity index (χ1) is 16.0. The number of nitrogens with zero attached hydrogens (tertiary/aromatic N) is 1. The number of aromatic nitrogens is 1. The highest BCUT2D eigenvalue weighted by Crippen LogP contribution is 2.43. The van der Waals surface area contributed by atoms with E-state index in [2.05, 4.69) is 29.5 Å². The van der Waals surface area contributed by atoms with Crippen molar-refractivity contribution in [1.82, 2.24) is 15.6 Å². The van der Waals surface area contributed by atoms with Crippen molar-refractivity contribution in [2.24, 2.45) is 0 Å². The van der Waals surface area contributed by atoms with Crippen molar-refractivity contribution in [3.05, 3.63) is 53.6 Å². The second-order valence-corrected chi connectivity index (χ2v) is 9.71. The summed E-state index contributed by atoms with van der Waals surface area (Å²) >= 11 is 0.